The molecule has 5 aromatic rings. The molecule has 1 amide bonds. The van der Waals surface area contributed by atoms with E-state index in [0.717, 1.165) is 0 Å². The van der Waals surface area contributed by atoms with Crippen LogP contribution in [0.1, 0.15) is 11.1 Å². The van der Waals surface area contributed by atoms with Crippen molar-refractivity contribution in [1.29, 1.82) is 0 Å². The molecule has 0 atom stereocenters. The molecule has 37 heavy (non-hydrogen) atoms. The molecule has 4 aromatic carbocycles. The second kappa shape index (κ2) is 9.05. The van der Waals surface area contributed by atoms with Crippen molar-refractivity contribution in [3.8, 4) is 17.1 Å². The van der Waals surface area contributed by atoms with E-state index in [2.05, 4.69) is 4.99 Å². The molecule has 178 valence electrons. The van der Waals surface area contributed by atoms with Crippen molar-refractivity contribution in [2.75, 3.05) is 5.01 Å². The number of aliphatic imine (C=N–C) groups is 1. The lowest BCUT2D eigenvalue weighted by Crippen LogP contribution is -2.49. The molecule has 2 heterocycles. The van der Waals surface area contributed by atoms with Gasteiger partial charge in [-0.15, -0.1) is 0 Å². The first-order chi connectivity index (χ1) is 18.1. The maximum atomic E-state index is 14.0. The summed E-state index contributed by atoms with van der Waals surface area (Å²) in [4.78, 5) is 37.4. The van der Waals surface area contributed by atoms with Crippen LogP contribution in [0.25, 0.3) is 28.4 Å². The van der Waals surface area contributed by atoms with Crippen molar-refractivity contribution in [3.05, 3.63) is 136 Å². The molecular weight excluding hydrogens is 464 g/mol. The van der Waals surface area contributed by atoms with E-state index in [0.29, 0.717) is 39.3 Å². The fraction of sp³-hybridized carbons (Fsp3) is 0. The molecule has 0 radical (unpaired) electrons. The first-order valence-corrected chi connectivity index (χ1v) is 11.7. The normalized spacial score (nSPS) is 14.4. The summed E-state index contributed by atoms with van der Waals surface area (Å²) in [5.41, 5.74) is 2.35. The maximum Gasteiger partial charge on any atom is 0.297 e. The van der Waals surface area contributed by atoms with Crippen LogP contribution in [-0.4, -0.2) is 26.5 Å². The quantitative estimate of drug-likeness (QED) is 0.374. The van der Waals surface area contributed by atoms with Gasteiger partial charge in [0.05, 0.1) is 10.9 Å². The predicted octanol–water partition coefficient (Wildman–Crippen LogP) is 4.74. The number of para-hydroxylation sites is 1. The van der Waals surface area contributed by atoms with Gasteiger partial charge in [0.1, 0.15) is 11.4 Å². The molecular formula is C30H20N4O3. The van der Waals surface area contributed by atoms with Gasteiger partial charge in [-0.1, -0.05) is 84.9 Å². The van der Waals surface area contributed by atoms with Gasteiger partial charge >= 0.3 is 0 Å². The van der Waals surface area contributed by atoms with E-state index in [4.69, 9.17) is 4.98 Å². The highest BCUT2D eigenvalue weighted by molar-refractivity contribution is 6.29. The number of phenolic OH excluding ortho intramolecular Hbond substituents is 1. The molecule has 0 saturated carbocycles. The number of rotatable bonds is 4. The van der Waals surface area contributed by atoms with Gasteiger partial charge in [-0.05, 0) is 35.9 Å². The van der Waals surface area contributed by atoms with Crippen molar-refractivity contribution >= 4 is 28.7 Å². The van der Waals surface area contributed by atoms with Gasteiger partial charge in [0.15, 0.2) is 11.7 Å². The zero-order chi connectivity index (χ0) is 25.4. The number of hydrogen-bond acceptors (Lipinski definition) is 5. The van der Waals surface area contributed by atoms with Crippen molar-refractivity contribution in [2.45, 2.75) is 0 Å². The van der Waals surface area contributed by atoms with E-state index < -0.39 is 5.91 Å². The summed E-state index contributed by atoms with van der Waals surface area (Å²) in [6.07, 6.45) is 1.63. The molecule has 0 fully saturated rings. The number of carbonyl (C=O) groups excluding carboxylic acids is 1. The summed E-state index contributed by atoms with van der Waals surface area (Å²) in [6.45, 7) is 0. The first kappa shape index (κ1) is 22.2. The van der Waals surface area contributed by atoms with Crippen molar-refractivity contribution in [2.24, 2.45) is 4.99 Å². The first-order valence-electron chi connectivity index (χ1n) is 11.7. The van der Waals surface area contributed by atoms with Crippen LogP contribution in [0.15, 0.2) is 125 Å². The van der Waals surface area contributed by atoms with Gasteiger partial charge in [0.2, 0.25) is 0 Å². The molecule has 0 bridgehead atoms. The number of phenols is 1. The average Bonchev–Trinajstić information content (AvgIpc) is 3.26. The highest BCUT2D eigenvalue weighted by Crippen LogP contribution is 2.26. The van der Waals surface area contributed by atoms with Crippen molar-refractivity contribution < 1.29 is 9.90 Å². The maximum absolute atomic E-state index is 14.0. The van der Waals surface area contributed by atoms with Gasteiger partial charge < -0.3 is 5.11 Å². The largest absolute Gasteiger partial charge is 0.508 e. The Kier molecular flexibility index (Phi) is 5.43. The molecule has 0 saturated heterocycles. The van der Waals surface area contributed by atoms with Crippen molar-refractivity contribution in [1.82, 2.24) is 9.66 Å². The smallest absolute Gasteiger partial charge is 0.297 e. The summed E-state index contributed by atoms with van der Waals surface area (Å²) in [6, 6.07) is 32.1. The van der Waals surface area contributed by atoms with Crippen LogP contribution in [0.2, 0.25) is 0 Å². The second-order valence-electron chi connectivity index (χ2n) is 8.48. The lowest BCUT2D eigenvalue weighted by atomic mass is 10.1. The highest BCUT2D eigenvalue weighted by Gasteiger charge is 2.35. The third-order valence-electron chi connectivity index (χ3n) is 6.05. The average molecular weight is 485 g/mol. The van der Waals surface area contributed by atoms with Crippen LogP contribution in [0.4, 0.5) is 0 Å². The fourth-order valence-electron chi connectivity index (χ4n) is 4.28. The van der Waals surface area contributed by atoms with Gasteiger partial charge in [-0.25, -0.2) is 9.98 Å². The number of hydrogen-bond donors (Lipinski definition) is 1. The minimum Gasteiger partial charge on any atom is -0.508 e. The molecule has 1 N–H and O–H groups in total. The van der Waals surface area contributed by atoms with Crippen LogP contribution in [0, 0.1) is 0 Å². The zero-order valence-corrected chi connectivity index (χ0v) is 19.5. The Morgan fingerprint density at radius 2 is 1.32 bits per heavy atom. The Labute approximate surface area is 211 Å². The van der Waals surface area contributed by atoms with Crippen molar-refractivity contribution in [3.63, 3.8) is 0 Å². The summed E-state index contributed by atoms with van der Waals surface area (Å²) < 4.78 is 1.31. The Morgan fingerprint density at radius 3 is 2.03 bits per heavy atom. The number of aromatic nitrogens is 2. The Morgan fingerprint density at radius 1 is 0.703 bits per heavy atom. The molecule has 7 nitrogen and oxygen atoms in total. The lowest BCUT2D eigenvalue weighted by molar-refractivity contribution is -0.115. The third-order valence-corrected chi connectivity index (χ3v) is 6.05. The Bertz CT molecular complexity index is 1760. The predicted molar refractivity (Wildman–Crippen MR) is 144 cm³/mol. The third kappa shape index (κ3) is 3.98. The number of amides is 1. The fourth-order valence-corrected chi connectivity index (χ4v) is 4.28. The topological polar surface area (TPSA) is 87.8 Å². The van der Waals surface area contributed by atoms with E-state index in [1.807, 2.05) is 66.7 Å². The molecule has 0 aliphatic carbocycles. The van der Waals surface area contributed by atoms with E-state index in [1.165, 1.54) is 21.8 Å². The number of benzene rings is 4. The van der Waals surface area contributed by atoms with E-state index in [-0.39, 0.29) is 17.0 Å². The second-order valence-corrected chi connectivity index (χ2v) is 8.48. The van der Waals surface area contributed by atoms with Crippen LogP contribution in [0.5, 0.6) is 5.75 Å². The molecule has 1 aromatic heterocycles. The molecule has 6 rings (SSSR count). The number of amidine groups is 1. The summed E-state index contributed by atoms with van der Waals surface area (Å²) in [5, 5.41) is 11.3. The van der Waals surface area contributed by atoms with Crippen LogP contribution < -0.4 is 10.6 Å². The molecule has 1 aliphatic rings. The lowest BCUT2D eigenvalue weighted by Gasteiger charge is -2.23. The van der Waals surface area contributed by atoms with Crippen LogP contribution in [0.3, 0.4) is 0 Å². The minimum absolute atomic E-state index is 0.122. The van der Waals surface area contributed by atoms with Crippen LogP contribution >= 0.6 is 0 Å². The van der Waals surface area contributed by atoms with Gasteiger partial charge in [0.25, 0.3) is 11.5 Å². The Balaban J connectivity index is 1.62. The Hall–Kier alpha value is -5.30. The van der Waals surface area contributed by atoms with Gasteiger partial charge in [0, 0.05) is 11.1 Å². The highest BCUT2D eigenvalue weighted by atomic mass is 16.3. The standard InChI is InChI=1S/C30H20N4O3/c35-23-17-15-20(16-18-23)19-26-30(37)34(28(32-26)22-11-5-2-6-12-22)33-27(21-9-3-1-4-10-21)31-25-14-8-7-13-24(25)29(33)36/h1-19,35H/b26-19-. The SMILES string of the molecule is O=C1/C(=C/c2ccc(O)cc2)N=C(c2ccccc2)N1n1c(-c2ccccc2)nc2ccccc2c1=O. The van der Waals surface area contributed by atoms with E-state index >= 15 is 0 Å². The number of fused-ring (bicyclic) bond motifs is 1. The number of carbonyl (C=O) groups is 1. The van der Waals surface area contributed by atoms with E-state index in [9.17, 15) is 14.7 Å². The van der Waals surface area contributed by atoms with E-state index in [1.54, 1.807) is 36.4 Å². The minimum atomic E-state index is -0.469. The number of nitrogens with zero attached hydrogens (tertiary/aromatic N) is 4. The van der Waals surface area contributed by atoms with Crippen LogP contribution in [-0.2, 0) is 4.79 Å². The molecule has 7 heteroatoms. The summed E-state index contributed by atoms with van der Waals surface area (Å²) >= 11 is 0. The zero-order valence-electron chi connectivity index (χ0n) is 19.5. The number of aromatic hydroxyl groups is 1. The van der Waals surface area contributed by atoms with Gasteiger partial charge in [-0.3, -0.25) is 9.59 Å². The molecule has 0 unspecified atom stereocenters. The molecule has 0 spiro atoms. The monoisotopic (exact) mass is 484 g/mol. The van der Waals surface area contributed by atoms with Gasteiger partial charge in [-0.2, -0.15) is 9.69 Å². The molecule has 1 aliphatic heterocycles. The summed E-state index contributed by atoms with van der Waals surface area (Å²) in [7, 11) is 0. The summed E-state index contributed by atoms with van der Waals surface area (Å²) in [5.74, 6) is 0.290.